The molecule has 0 aliphatic heterocycles. The van der Waals surface area contributed by atoms with Crippen LogP contribution in [0.5, 0.6) is 5.75 Å². The van der Waals surface area contributed by atoms with Crippen LogP contribution >= 0.6 is 11.8 Å². The monoisotopic (exact) mass is 414 g/mol. The van der Waals surface area contributed by atoms with Crippen LogP contribution < -0.4 is 10.1 Å². The van der Waals surface area contributed by atoms with Crippen molar-refractivity contribution in [2.24, 2.45) is 0 Å². The number of rotatable bonds is 7. The minimum absolute atomic E-state index is 0.0893. The number of halogens is 1. The number of nitrogens with zero attached hydrogens (tertiary/aromatic N) is 3. The Labute approximate surface area is 173 Å². The number of benzene rings is 2. The third-order valence-electron chi connectivity index (χ3n) is 4.31. The van der Waals surface area contributed by atoms with E-state index in [-0.39, 0.29) is 17.6 Å². The maximum atomic E-state index is 13.8. The van der Waals surface area contributed by atoms with Gasteiger partial charge in [0.15, 0.2) is 11.0 Å². The molecule has 1 amide bonds. The van der Waals surface area contributed by atoms with Gasteiger partial charge in [-0.15, -0.1) is 10.2 Å². The van der Waals surface area contributed by atoms with Crippen molar-refractivity contribution < 1.29 is 13.9 Å². The Morgan fingerprint density at radius 1 is 1.10 bits per heavy atom. The number of aromatic nitrogens is 3. The van der Waals surface area contributed by atoms with E-state index in [1.54, 1.807) is 26.2 Å². The molecule has 0 aliphatic carbocycles. The molecule has 0 bridgehead atoms. The Bertz CT molecular complexity index is 989. The lowest BCUT2D eigenvalue weighted by Gasteiger charge is -2.16. The average molecular weight is 415 g/mol. The van der Waals surface area contributed by atoms with Crippen LogP contribution in [0.3, 0.4) is 0 Å². The second-order valence-corrected chi connectivity index (χ2v) is 8.04. The molecule has 152 valence electrons. The summed E-state index contributed by atoms with van der Waals surface area (Å²) >= 11 is 1.29. The van der Waals surface area contributed by atoms with Gasteiger partial charge in [-0.25, -0.2) is 4.39 Å². The fraction of sp³-hybridized carbons (Fsp3) is 0.286. The van der Waals surface area contributed by atoms with Crippen molar-refractivity contribution in [1.29, 1.82) is 0 Å². The van der Waals surface area contributed by atoms with Gasteiger partial charge in [0.2, 0.25) is 5.91 Å². The predicted molar refractivity (Wildman–Crippen MR) is 113 cm³/mol. The number of hydrogen-bond acceptors (Lipinski definition) is 5. The molecule has 1 heterocycles. The highest BCUT2D eigenvalue weighted by molar-refractivity contribution is 8.00. The molecule has 0 fully saturated rings. The van der Waals surface area contributed by atoms with Crippen molar-refractivity contribution in [3.63, 3.8) is 0 Å². The molecule has 1 N–H and O–H groups in total. The molecule has 29 heavy (non-hydrogen) atoms. The largest absolute Gasteiger partial charge is 0.497 e. The first kappa shape index (κ1) is 20.9. The molecule has 0 saturated carbocycles. The van der Waals surface area contributed by atoms with Crippen LogP contribution in [0.1, 0.15) is 26.8 Å². The van der Waals surface area contributed by atoms with Crippen molar-refractivity contribution in [1.82, 2.24) is 14.8 Å². The summed E-state index contributed by atoms with van der Waals surface area (Å²) < 4.78 is 21.0. The van der Waals surface area contributed by atoms with Crippen LogP contribution in [0.2, 0.25) is 0 Å². The molecule has 3 rings (SSSR count). The van der Waals surface area contributed by atoms with Gasteiger partial charge in [0, 0.05) is 11.6 Å². The van der Waals surface area contributed by atoms with E-state index >= 15 is 0 Å². The van der Waals surface area contributed by atoms with Crippen LogP contribution in [0.4, 0.5) is 10.1 Å². The third kappa shape index (κ3) is 4.76. The second kappa shape index (κ2) is 9.09. The molecule has 0 aliphatic rings. The zero-order valence-electron chi connectivity index (χ0n) is 16.7. The highest BCUT2D eigenvalue weighted by Gasteiger charge is 2.22. The highest BCUT2D eigenvalue weighted by Crippen LogP contribution is 2.31. The van der Waals surface area contributed by atoms with Crippen molar-refractivity contribution in [3.8, 4) is 17.1 Å². The molecule has 6 nitrogen and oxygen atoms in total. The molecule has 1 atom stereocenters. The van der Waals surface area contributed by atoms with E-state index in [1.807, 2.05) is 42.7 Å². The molecule has 0 saturated heterocycles. The normalized spacial score (nSPS) is 12.1. The number of ether oxygens (including phenoxy) is 1. The number of hydrogen-bond donors (Lipinski definition) is 1. The third-order valence-corrected chi connectivity index (χ3v) is 5.37. The molecule has 3 aromatic rings. The van der Waals surface area contributed by atoms with E-state index in [0.717, 1.165) is 11.3 Å². The molecule has 2 aromatic carbocycles. The average Bonchev–Trinajstić information content (AvgIpc) is 3.13. The lowest BCUT2D eigenvalue weighted by Crippen LogP contribution is -2.23. The van der Waals surface area contributed by atoms with Crippen LogP contribution in [-0.2, 0) is 4.79 Å². The quantitative estimate of drug-likeness (QED) is 0.563. The fourth-order valence-electron chi connectivity index (χ4n) is 2.77. The number of carbonyl (C=O) groups excluding carboxylic acids is 1. The molecule has 0 spiro atoms. The summed E-state index contributed by atoms with van der Waals surface area (Å²) in [6.07, 6.45) is 0. The Hall–Kier alpha value is -2.87. The smallest absolute Gasteiger partial charge is 0.237 e. The zero-order valence-corrected chi connectivity index (χ0v) is 17.5. The van der Waals surface area contributed by atoms with E-state index in [0.29, 0.717) is 11.0 Å². The van der Waals surface area contributed by atoms with Gasteiger partial charge in [-0.2, -0.15) is 0 Å². The summed E-state index contributed by atoms with van der Waals surface area (Å²) in [7, 11) is 1.62. The van der Waals surface area contributed by atoms with Crippen LogP contribution in [0.25, 0.3) is 11.4 Å². The lowest BCUT2D eigenvalue weighted by atomic mass is 10.2. The van der Waals surface area contributed by atoms with Gasteiger partial charge in [0.25, 0.3) is 0 Å². The van der Waals surface area contributed by atoms with Crippen molar-refractivity contribution in [2.75, 3.05) is 12.4 Å². The number of methoxy groups -OCH3 is 1. The molecule has 0 unspecified atom stereocenters. The number of anilines is 1. The van der Waals surface area contributed by atoms with Crippen molar-refractivity contribution in [2.45, 2.75) is 37.2 Å². The number of thioether (sulfide) groups is 1. The summed E-state index contributed by atoms with van der Waals surface area (Å²) in [5, 5.41) is 11.4. The van der Waals surface area contributed by atoms with E-state index < -0.39 is 11.1 Å². The first-order valence-corrected chi connectivity index (χ1v) is 10.1. The molecular formula is C21H23FN4O2S. The highest BCUT2D eigenvalue weighted by atomic mass is 32.2. The predicted octanol–water partition coefficient (Wildman–Crippen LogP) is 4.79. The van der Waals surface area contributed by atoms with E-state index in [2.05, 4.69) is 15.5 Å². The van der Waals surface area contributed by atoms with E-state index in [1.165, 1.54) is 23.9 Å². The van der Waals surface area contributed by atoms with Crippen LogP contribution in [0.15, 0.2) is 53.7 Å². The van der Waals surface area contributed by atoms with Gasteiger partial charge >= 0.3 is 0 Å². The molecule has 8 heteroatoms. The summed E-state index contributed by atoms with van der Waals surface area (Å²) in [6.45, 7) is 5.82. The Morgan fingerprint density at radius 2 is 1.79 bits per heavy atom. The van der Waals surface area contributed by atoms with Gasteiger partial charge in [0.1, 0.15) is 11.6 Å². The Morgan fingerprint density at radius 3 is 2.41 bits per heavy atom. The van der Waals surface area contributed by atoms with Gasteiger partial charge in [-0.3, -0.25) is 9.36 Å². The van der Waals surface area contributed by atoms with E-state index in [9.17, 15) is 9.18 Å². The summed E-state index contributed by atoms with van der Waals surface area (Å²) in [4.78, 5) is 12.5. The maximum absolute atomic E-state index is 13.8. The van der Waals surface area contributed by atoms with Gasteiger partial charge in [-0.1, -0.05) is 23.9 Å². The standard InChI is InChI=1S/C21H23FN4O2S/c1-13(2)26-19(15-9-11-16(28-4)12-10-15)24-25-21(26)29-14(3)20(27)23-18-8-6-5-7-17(18)22/h5-14H,1-4H3,(H,23,27)/t14-/m0/s1. The SMILES string of the molecule is COc1ccc(-c2nnc(S[C@@H](C)C(=O)Nc3ccccc3F)n2C(C)C)cc1. The second-order valence-electron chi connectivity index (χ2n) is 6.73. The minimum Gasteiger partial charge on any atom is -0.497 e. The number of carbonyl (C=O) groups is 1. The maximum Gasteiger partial charge on any atom is 0.237 e. The zero-order chi connectivity index (χ0) is 21.0. The van der Waals surface area contributed by atoms with Crippen molar-refractivity contribution >= 4 is 23.4 Å². The van der Waals surface area contributed by atoms with Gasteiger partial charge in [-0.05, 0) is 57.2 Å². The fourth-order valence-corrected chi connectivity index (χ4v) is 3.75. The molecular weight excluding hydrogens is 391 g/mol. The van der Waals surface area contributed by atoms with E-state index in [4.69, 9.17) is 4.74 Å². The Balaban J connectivity index is 1.80. The number of para-hydroxylation sites is 1. The van der Waals surface area contributed by atoms with Gasteiger partial charge in [0.05, 0.1) is 18.0 Å². The number of nitrogens with one attached hydrogen (secondary N) is 1. The lowest BCUT2D eigenvalue weighted by molar-refractivity contribution is -0.115. The molecule has 1 aromatic heterocycles. The first-order chi connectivity index (χ1) is 13.9. The van der Waals surface area contributed by atoms with Crippen LogP contribution in [0, 0.1) is 5.82 Å². The van der Waals surface area contributed by atoms with Gasteiger partial charge < -0.3 is 10.1 Å². The first-order valence-electron chi connectivity index (χ1n) is 9.22. The summed E-state index contributed by atoms with van der Waals surface area (Å²) in [6, 6.07) is 13.8. The van der Waals surface area contributed by atoms with Crippen LogP contribution in [-0.4, -0.2) is 33.0 Å². The number of amides is 1. The Kier molecular flexibility index (Phi) is 6.53. The summed E-state index contributed by atoms with van der Waals surface area (Å²) in [5.41, 5.74) is 1.07. The molecule has 0 radical (unpaired) electrons. The van der Waals surface area contributed by atoms with Crippen molar-refractivity contribution in [3.05, 3.63) is 54.3 Å². The summed E-state index contributed by atoms with van der Waals surface area (Å²) in [5.74, 6) is 0.707. The topological polar surface area (TPSA) is 69.0 Å². The minimum atomic E-state index is -0.486.